The van der Waals surface area contributed by atoms with Crippen LogP contribution in [-0.2, 0) is 30.4 Å². The lowest BCUT2D eigenvalue weighted by atomic mass is 10.1. The number of carbonyl (C=O) groups excluding carboxylic acids is 3. The highest BCUT2D eigenvalue weighted by molar-refractivity contribution is 5.87. The van der Waals surface area contributed by atoms with Crippen LogP contribution in [0.3, 0.4) is 0 Å². The van der Waals surface area contributed by atoms with Crippen molar-refractivity contribution in [2.75, 3.05) is 6.54 Å². The highest BCUT2D eigenvalue weighted by atomic mass is 16.7. The molecule has 1 unspecified atom stereocenters. The first-order valence-electron chi connectivity index (χ1n) is 9.56. The van der Waals surface area contributed by atoms with Crippen molar-refractivity contribution in [3.05, 3.63) is 35.9 Å². The number of nitrogens with zero attached hydrogens (tertiary/aromatic N) is 1. The third-order valence-corrected chi connectivity index (χ3v) is 4.69. The molecule has 0 saturated carbocycles. The molecule has 3 atom stereocenters. The number of rotatable bonds is 6. The van der Waals surface area contributed by atoms with Crippen molar-refractivity contribution in [1.29, 1.82) is 0 Å². The molecule has 1 aromatic rings. The first kappa shape index (κ1) is 20.1. The van der Waals surface area contributed by atoms with E-state index in [4.69, 9.17) is 14.2 Å². The summed E-state index contributed by atoms with van der Waals surface area (Å²) < 4.78 is 16.0. The van der Waals surface area contributed by atoms with Gasteiger partial charge in [0.25, 0.3) is 0 Å². The summed E-state index contributed by atoms with van der Waals surface area (Å²) in [4.78, 5) is 38.2. The van der Waals surface area contributed by atoms with Gasteiger partial charge in [0.1, 0.15) is 18.7 Å². The molecule has 8 nitrogen and oxygen atoms in total. The topological polar surface area (TPSA) is 94.2 Å². The summed E-state index contributed by atoms with van der Waals surface area (Å²) in [5, 5.41) is 2.81. The molecule has 2 amide bonds. The van der Waals surface area contributed by atoms with Crippen LogP contribution in [0.25, 0.3) is 0 Å². The number of hydrogen-bond donors (Lipinski definition) is 1. The quantitative estimate of drug-likeness (QED) is 0.747. The minimum Gasteiger partial charge on any atom is -0.445 e. The number of carbonyl (C=O) groups is 3. The van der Waals surface area contributed by atoms with Gasteiger partial charge in [-0.05, 0) is 32.3 Å². The maximum Gasteiger partial charge on any atom is 0.410 e. The van der Waals surface area contributed by atoms with E-state index in [-0.39, 0.29) is 25.0 Å². The molecular weight excluding hydrogens is 364 g/mol. The first-order valence-corrected chi connectivity index (χ1v) is 9.56. The molecule has 1 aromatic carbocycles. The Bertz CT molecular complexity index is 708. The predicted molar refractivity (Wildman–Crippen MR) is 99.0 cm³/mol. The molecule has 2 heterocycles. The second-order valence-electron chi connectivity index (χ2n) is 7.25. The fourth-order valence-corrected chi connectivity index (χ4v) is 3.38. The summed E-state index contributed by atoms with van der Waals surface area (Å²) in [6.45, 7) is 4.26. The van der Waals surface area contributed by atoms with Gasteiger partial charge in [0, 0.05) is 6.54 Å². The third-order valence-electron chi connectivity index (χ3n) is 4.69. The van der Waals surface area contributed by atoms with Gasteiger partial charge in [0.2, 0.25) is 12.2 Å². The molecule has 3 rings (SSSR count). The van der Waals surface area contributed by atoms with E-state index in [0.717, 1.165) is 5.56 Å². The van der Waals surface area contributed by atoms with Crippen molar-refractivity contribution in [3.8, 4) is 0 Å². The highest BCUT2D eigenvalue weighted by Crippen LogP contribution is 2.22. The van der Waals surface area contributed by atoms with Gasteiger partial charge in [0.15, 0.2) is 0 Å². The van der Waals surface area contributed by atoms with E-state index in [1.165, 1.54) is 4.90 Å². The largest absolute Gasteiger partial charge is 0.445 e. The molecule has 0 aliphatic carbocycles. The molecule has 0 spiro atoms. The Morgan fingerprint density at radius 3 is 2.75 bits per heavy atom. The average Bonchev–Trinajstić information content (AvgIpc) is 3.27. The lowest BCUT2D eigenvalue weighted by molar-refractivity contribution is -0.173. The highest BCUT2D eigenvalue weighted by Gasteiger charge is 2.41. The Balaban J connectivity index is 1.56. The normalized spacial score (nSPS) is 24.3. The van der Waals surface area contributed by atoms with Gasteiger partial charge >= 0.3 is 12.1 Å². The summed E-state index contributed by atoms with van der Waals surface area (Å²) in [6, 6.07) is 8.18. The number of cyclic esters (lactones) is 1. The van der Waals surface area contributed by atoms with E-state index in [9.17, 15) is 14.4 Å². The third kappa shape index (κ3) is 5.01. The zero-order valence-electron chi connectivity index (χ0n) is 16.1. The minimum absolute atomic E-state index is 0.0499. The molecular formula is C20H26N2O6. The van der Waals surface area contributed by atoms with E-state index in [0.29, 0.717) is 19.4 Å². The lowest BCUT2D eigenvalue weighted by Crippen LogP contribution is -2.51. The Hall–Kier alpha value is -2.61. The summed E-state index contributed by atoms with van der Waals surface area (Å²) >= 11 is 0. The smallest absolute Gasteiger partial charge is 0.410 e. The van der Waals surface area contributed by atoms with Crippen molar-refractivity contribution in [2.45, 2.75) is 64.2 Å². The van der Waals surface area contributed by atoms with Gasteiger partial charge < -0.3 is 19.5 Å². The standard InChI is InChI=1S/C20H26N2O6/c1-13(2)27-19-15(11-17(23)28-19)21-18(24)16-9-6-10-22(16)20(25)26-12-14-7-4-3-5-8-14/h3-5,7-8,13,15-16,19H,6,9-12H2,1-2H3,(H,21,24)/t15-,16-,19?/m0/s1. The van der Waals surface area contributed by atoms with Crippen LogP contribution in [0, 0.1) is 0 Å². The van der Waals surface area contributed by atoms with Crippen LogP contribution >= 0.6 is 0 Å². The number of ether oxygens (including phenoxy) is 3. The van der Waals surface area contributed by atoms with Crippen LogP contribution in [-0.4, -0.2) is 53.9 Å². The average molecular weight is 390 g/mol. The monoisotopic (exact) mass is 390 g/mol. The van der Waals surface area contributed by atoms with Gasteiger partial charge in [0.05, 0.1) is 12.5 Å². The second kappa shape index (κ2) is 9.05. The zero-order chi connectivity index (χ0) is 20.1. The number of amides is 2. The summed E-state index contributed by atoms with van der Waals surface area (Å²) in [7, 11) is 0. The first-order chi connectivity index (χ1) is 13.4. The number of likely N-dealkylation sites (tertiary alicyclic amines) is 1. The molecule has 0 bridgehead atoms. The second-order valence-corrected chi connectivity index (χ2v) is 7.25. The fourth-order valence-electron chi connectivity index (χ4n) is 3.38. The van der Waals surface area contributed by atoms with E-state index < -0.39 is 30.4 Å². The van der Waals surface area contributed by atoms with Crippen LogP contribution in [0.2, 0.25) is 0 Å². The molecule has 8 heteroatoms. The van der Waals surface area contributed by atoms with Crippen molar-refractivity contribution in [3.63, 3.8) is 0 Å². The summed E-state index contributed by atoms with van der Waals surface area (Å²) in [6.07, 6.45) is -0.166. The Kier molecular flexibility index (Phi) is 6.51. The van der Waals surface area contributed by atoms with Gasteiger partial charge in [-0.25, -0.2) is 4.79 Å². The van der Waals surface area contributed by atoms with Crippen molar-refractivity contribution in [2.24, 2.45) is 0 Å². The maximum absolute atomic E-state index is 12.7. The molecule has 0 aromatic heterocycles. The summed E-state index contributed by atoms with van der Waals surface area (Å²) in [5.74, 6) is -0.740. The fraction of sp³-hybridized carbons (Fsp3) is 0.550. The predicted octanol–water partition coefficient (Wildman–Crippen LogP) is 1.97. The van der Waals surface area contributed by atoms with Crippen molar-refractivity contribution < 1.29 is 28.6 Å². The Morgan fingerprint density at radius 1 is 1.29 bits per heavy atom. The SMILES string of the molecule is CC(C)OC1OC(=O)C[C@@H]1NC(=O)[C@@H]1CCCN1C(=O)OCc1ccccc1. The number of esters is 1. The molecule has 28 heavy (non-hydrogen) atoms. The number of hydrogen-bond acceptors (Lipinski definition) is 6. The molecule has 0 radical (unpaired) electrons. The molecule has 2 aliphatic heterocycles. The minimum atomic E-state index is -0.809. The molecule has 1 N–H and O–H groups in total. The molecule has 2 aliphatic rings. The van der Waals surface area contributed by atoms with Crippen LogP contribution in [0.1, 0.15) is 38.7 Å². The van der Waals surface area contributed by atoms with E-state index in [1.54, 1.807) is 0 Å². The lowest BCUT2D eigenvalue weighted by Gasteiger charge is -2.26. The van der Waals surface area contributed by atoms with Gasteiger partial charge in [-0.15, -0.1) is 0 Å². The van der Waals surface area contributed by atoms with Crippen LogP contribution in [0.4, 0.5) is 4.79 Å². The van der Waals surface area contributed by atoms with Crippen LogP contribution < -0.4 is 5.32 Å². The summed E-state index contributed by atoms with van der Waals surface area (Å²) in [5.41, 5.74) is 0.881. The van der Waals surface area contributed by atoms with Crippen LogP contribution in [0.15, 0.2) is 30.3 Å². The molecule has 152 valence electrons. The van der Waals surface area contributed by atoms with E-state index in [2.05, 4.69) is 5.32 Å². The van der Waals surface area contributed by atoms with Gasteiger partial charge in [-0.3, -0.25) is 14.5 Å². The van der Waals surface area contributed by atoms with Crippen molar-refractivity contribution >= 4 is 18.0 Å². The van der Waals surface area contributed by atoms with E-state index in [1.807, 2.05) is 44.2 Å². The Labute approximate surface area is 164 Å². The maximum atomic E-state index is 12.7. The number of benzene rings is 1. The number of nitrogens with one attached hydrogen (secondary N) is 1. The van der Waals surface area contributed by atoms with Gasteiger partial charge in [-0.1, -0.05) is 30.3 Å². The van der Waals surface area contributed by atoms with Crippen molar-refractivity contribution in [1.82, 2.24) is 10.2 Å². The zero-order valence-corrected chi connectivity index (χ0v) is 16.1. The molecule has 2 saturated heterocycles. The molecule has 2 fully saturated rings. The Morgan fingerprint density at radius 2 is 2.04 bits per heavy atom. The van der Waals surface area contributed by atoms with Gasteiger partial charge in [-0.2, -0.15) is 0 Å². The van der Waals surface area contributed by atoms with E-state index >= 15 is 0 Å². The van der Waals surface area contributed by atoms with Crippen LogP contribution in [0.5, 0.6) is 0 Å².